The summed E-state index contributed by atoms with van der Waals surface area (Å²) in [6.07, 6.45) is 5.21. The molecular weight excluding hydrogens is 240 g/mol. The van der Waals surface area contributed by atoms with Crippen LogP contribution in [0.15, 0.2) is 0 Å². The molecule has 4 heteroatoms. The van der Waals surface area contributed by atoms with Gasteiger partial charge in [-0.05, 0) is 39.3 Å². The van der Waals surface area contributed by atoms with Gasteiger partial charge in [-0.15, -0.1) is 0 Å². The van der Waals surface area contributed by atoms with Gasteiger partial charge in [0.1, 0.15) is 0 Å². The van der Waals surface area contributed by atoms with Gasteiger partial charge in [0, 0.05) is 38.3 Å². The van der Waals surface area contributed by atoms with Crippen molar-refractivity contribution < 1.29 is 9.47 Å². The van der Waals surface area contributed by atoms with Crippen molar-refractivity contribution in [3.05, 3.63) is 0 Å². The summed E-state index contributed by atoms with van der Waals surface area (Å²) < 4.78 is 11.6. The van der Waals surface area contributed by atoms with E-state index < -0.39 is 0 Å². The Balaban J connectivity index is 1.77. The summed E-state index contributed by atoms with van der Waals surface area (Å²) in [6.45, 7) is 8.37. The van der Waals surface area contributed by atoms with Gasteiger partial charge in [-0.25, -0.2) is 0 Å². The molecule has 2 rings (SSSR count). The maximum Gasteiger partial charge on any atom is 0.0702 e. The van der Waals surface area contributed by atoms with Crippen LogP contribution in [0.5, 0.6) is 0 Å². The van der Waals surface area contributed by atoms with Crippen LogP contribution in [0.1, 0.15) is 32.6 Å². The van der Waals surface area contributed by atoms with E-state index in [1.165, 1.54) is 19.4 Å². The third-order valence-electron chi connectivity index (χ3n) is 4.36. The third-order valence-corrected chi connectivity index (χ3v) is 4.36. The van der Waals surface area contributed by atoms with Crippen LogP contribution in [0.25, 0.3) is 0 Å². The standard InChI is InChI=1S/C15H30N2O2/c1-3-8-19-14-5-4-7-17(11-14)10-13-12-18-9-6-15(13)16-2/h13-16H,3-12H2,1-2H3. The topological polar surface area (TPSA) is 33.7 Å². The van der Waals surface area contributed by atoms with Gasteiger partial charge in [0.2, 0.25) is 0 Å². The Kier molecular flexibility index (Phi) is 6.57. The van der Waals surface area contributed by atoms with E-state index >= 15 is 0 Å². The van der Waals surface area contributed by atoms with E-state index in [9.17, 15) is 0 Å². The first-order valence-electron chi connectivity index (χ1n) is 7.92. The number of hydrogen-bond donors (Lipinski definition) is 1. The molecule has 3 atom stereocenters. The first kappa shape index (κ1) is 15.2. The molecule has 19 heavy (non-hydrogen) atoms. The van der Waals surface area contributed by atoms with Crippen molar-refractivity contribution in [2.24, 2.45) is 5.92 Å². The van der Waals surface area contributed by atoms with E-state index in [1.807, 2.05) is 0 Å². The average molecular weight is 270 g/mol. The molecule has 0 aromatic heterocycles. The highest BCUT2D eigenvalue weighted by Gasteiger charge is 2.28. The van der Waals surface area contributed by atoms with Gasteiger partial charge in [0.25, 0.3) is 0 Å². The Morgan fingerprint density at radius 1 is 1.37 bits per heavy atom. The minimum absolute atomic E-state index is 0.450. The molecule has 3 unspecified atom stereocenters. The van der Waals surface area contributed by atoms with Crippen molar-refractivity contribution >= 4 is 0 Å². The fourth-order valence-corrected chi connectivity index (χ4v) is 3.29. The summed E-state index contributed by atoms with van der Waals surface area (Å²) in [5.41, 5.74) is 0. The largest absolute Gasteiger partial charge is 0.381 e. The second-order valence-corrected chi connectivity index (χ2v) is 5.91. The third kappa shape index (κ3) is 4.71. The summed E-state index contributed by atoms with van der Waals surface area (Å²) in [6, 6.07) is 0.616. The lowest BCUT2D eigenvalue weighted by Crippen LogP contribution is -2.49. The lowest BCUT2D eigenvalue weighted by atomic mass is 9.94. The van der Waals surface area contributed by atoms with Crippen LogP contribution >= 0.6 is 0 Å². The smallest absolute Gasteiger partial charge is 0.0702 e. The summed E-state index contributed by atoms with van der Waals surface area (Å²) in [7, 11) is 2.08. The monoisotopic (exact) mass is 270 g/mol. The zero-order chi connectivity index (χ0) is 13.5. The molecule has 2 heterocycles. The molecule has 0 aromatic carbocycles. The summed E-state index contributed by atoms with van der Waals surface area (Å²) in [5, 5.41) is 3.45. The zero-order valence-corrected chi connectivity index (χ0v) is 12.6. The van der Waals surface area contributed by atoms with Crippen LogP contribution in [0.2, 0.25) is 0 Å². The van der Waals surface area contributed by atoms with Gasteiger partial charge in [0.05, 0.1) is 12.7 Å². The Labute approximate surface area is 117 Å². The van der Waals surface area contributed by atoms with E-state index in [0.717, 1.165) is 45.8 Å². The van der Waals surface area contributed by atoms with Crippen LogP contribution in [-0.4, -0.2) is 63.5 Å². The molecular formula is C15H30N2O2. The molecule has 0 spiro atoms. The second-order valence-electron chi connectivity index (χ2n) is 5.91. The Morgan fingerprint density at radius 2 is 2.26 bits per heavy atom. The fourth-order valence-electron chi connectivity index (χ4n) is 3.29. The SMILES string of the molecule is CCCOC1CCCN(CC2COCCC2NC)C1. The van der Waals surface area contributed by atoms with Crippen molar-refractivity contribution in [1.29, 1.82) is 0 Å². The van der Waals surface area contributed by atoms with Crippen molar-refractivity contribution in [2.75, 3.05) is 46.5 Å². The number of nitrogens with one attached hydrogen (secondary N) is 1. The molecule has 2 saturated heterocycles. The molecule has 2 aliphatic rings. The van der Waals surface area contributed by atoms with Crippen LogP contribution in [0.3, 0.4) is 0 Å². The number of nitrogens with zero attached hydrogens (tertiary/aromatic N) is 1. The first-order chi connectivity index (χ1) is 9.33. The first-order valence-corrected chi connectivity index (χ1v) is 7.92. The quantitative estimate of drug-likeness (QED) is 0.793. The number of rotatable bonds is 6. The minimum atomic E-state index is 0.450. The van der Waals surface area contributed by atoms with Crippen LogP contribution < -0.4 is 5.32 Å². The Bertz CT molecular complexity index is 250. The summed E-state index contributed by atoms with van der Waals surface area (Å²) in [5.74, 6) is 0.628. The highest BCUT2D eigenvalue weighted by molar-refractivity contribution is 4.83. The van der Waals surface area contributed by atoms with Crippen molar-refractivity contribution in [2.45, 2.75) is 44.8 Å². The van der Waals surface area contributed by atoms with E-state index in [-0.39, 0.29) is 0 Å². The van der Waals surface area contributed by atoms with Crippen molar-refractivity contribution in [1.82, 2.24) is 10.2 Å². The van der Waals surface area contributed by atoms with Gasteiger partial charge in [-0.1, -0.05) is 6.92 Å². The predicted molar refractivity (Wildman–Crippen MR) is 77.5 cm³/mol. The molecule has 0 aliphatic carbocycles. The van der Waals surface area contributed by atoms with Gasteiger partial charge in [-0.3, -0.25) is 0 Å². The lowest BCUT2D eigenvalue weighted by Gasteiger charge is -2.38. The lowest BCUT2D eigenvalue weighted by molar-refractivity contribution is -0.0228. The highest BCUT2D eigenvalue weighted by Crippen LogP contribution is 2.20. The normalized spacial score (nSPS) is 33.5. The summed E-state index contributed by atoms with van der Waals surface area (Å²) >= 11 is 0. The van der Waals surface area contributed by atoms with Crippen LogP contribution in [0, 0.1) is 5.92 Å². The van der Waals surface area contributed by atoms with Gasteiger partial charge in [0.15, 0.2) is 0 Å². The zero-order valence-electron chi connectivity index (χ0n) is 12.6. The second kappa shape index (κ2) is 8.20. The molecule has 2 aliphatic heterocycles. The average Bonchev–Trinajstić information content (AvgIpc) is 2.46. The van der Waals surface area contributed by atoms with E-state index in [1.54, 1.807) is 0 Å². The fraction of sp³-hybridized carbons (Fsp3) is 1.00. The maximum atomic E-state index is 5.92. The number of likely N-dealkylation sites (tertiary alicyclic amines) is 1. The van der Waals surface area contributed by atoms with E-state index in [0.29, 0.717) is 18.1 Å². The van der Waals surface area contributed by atoms with Gasteiger partial charge in [-0.2, -0.15) is 0 Å². The van der Waals surface area contributed by atoms with Crippen LogP contribution in [0.4, 0.5) is 0 Å². The maximum absolute atomic E-state index is 5.92. The summed E-state index contributed by atoms with van der Waals surface area (Å²) in [4.78, 5) is 2.58. The molecule has 1 N–H and O–H groups in total. The minimum Gasteiger partial charge on any atom is -0.381 e. The molecule has 0 bridgehead atoms. The molecule has 112 valence electrons. The number of ether oxygens (including phenoxy) is 2. The highest BCUT2D eigenvalue weighted by atomic mass is 16.5. The number of hydrogen-bond acceptors (Lipinski definition) is 4. The molecule has 0 aromatic rings. The van der Waals surface area contributed by atoms with Crippen LogP contribution in [-0.2, 0) is 9.47 Å². The van der Waals surface area contributed by atoms with E-state index in [2.05, 4.69) is 24.2 Å². The molecule has 0 saturated carbocycles. The van der Waals surface area contributed by atoms with Crippen molar-refractivity contribution in [3.63, 3.8) is 0 Å². The van der Waals surface area contributed by atoms with Crippen molar-refractivity contribution in [3.8, 4) is 0 Å². The molecule has 2 fully saturated rings. The predicted octanol–water partition coefficient (Wildman–Crippen LogP) is 1.50. The van der Waals surface area contributed by atoms with E-state index in [4.69, 9.17) is 9.47 Å². The molecule has 0 radical (unpaired) electrons. The molecule has 0 amide bonds. The Morgan fingerprint density at radius 3 is 3.05 bits per heavy atom. The molecule has 4 nitrogen and oxygen atoms in total. The van der Waals surface area contributed by atoms with Gasteiger partial charge >= 0.3 is 0 Å². The Hall–Kier alpha value is -0.160. The number of piperidine rings is 1. The van der Waals surface area contributed by atoms with Gasteiger partial charge < -0.3 is 19.7 Å².